The maximum atomic E-state index is 14.6. The van der Waals surface area contributed by atoms with Crippen LogP contribution in [0.1, 0.15) is 37.0 Å². The molecule has 0 aliphatic heterocycles. The van der Waals surface area contributed by atoms with Crippen LogP contribution in [0, 0.1) is 6.92 Å². The monoisotopic (exact) mass is 699 g/mol. The van der Waals surface area contributed by atoms with Crippen LogP contribution in [-0.2, 0) is 32.6 Å². The van der Waals surface area contributed by atoms with E-state index in [1.54, 1.807) is 36.4 Å². The smallest absolute Gasteiger partial charge is 0.264 e. The largest absolute Gasteiger partial charge is 0.352 e. The number of benzene rings is 4. The lowest BCUT2D eigenvalue weighted by Crippen LogP contribution is -2.54. The zero-order chi connectivity index (χ0) is 33.4. The summed E-state index contributed by atoms with van der Waals surface area (Å²) in [6, 6.07) is 25.9. The number of rotatable bonds is 13. The van der Waals surface area contributed by atoms with Gasteiger partial charge in [-0.05, 0) is 73.9 Å². The standard InChI is InChI=1S/C35H36Cl3N3O4S/c1-4-25(3)39-35(43)33(20-26-9-6-5-7-10-26)40(22-27-11-8-12-28(36)19-27)34(42)23-41(32-21-29(37)15-18-31(32)38)46(44,45)30-16-13-24(2)14-17-30/h5-19,21,25,33H,4,20,22-23H2,1-3H3,(H,39,43)/t25-,33-/m0/s1. The van der Waals surface area contributed by atoms with Crippen molar-refractivity contribution in [1.82, 2.24) is 10.2 Å². The Bertz CT molecular complexity index is 1770. The first-order chi connectivity index (χ1) is 21.9. The third-order valence-electron chi connectivity index (χ3n) is 7.58. The van der Waals surface area contributed by atoms with Crippen LogP contribution in [0.25, 0.3) is 0 Å². The minimum Gasteiger partial charge on any atom is -0.352 e. The van der Waals surface area contributed by atoms with Gasteiger partial charge in [-0.3, -0.25) is 13.9 Å². The molecule has 4 aromatic carbocycles. The maximum Gasteiger partial charge on any atom is 0.264 e. The number of sulfonamides is 1. The van der Waals surface area contributed by atoms with E-state index >= 15 is 0 Å². The normalized spacial score (nSPS) is 12.7. The highest BCUT2D eigenvalue weighted by molar-refractivity contribution is 7.92. The van der Waals surface area contributed by atoms with Crippen LogP contribution in [0.2, 0.25) is 15.1 Å². The van der Waals surface area contributed by atoms with Gasteiger partial charge >= 0.3 is 0 Å². The highest BCUT2D eigenvalue weighted by Gasteiger charge is 2.35. The second-order valence-electron chi connectivity index (χ2n) is 11.1. The third-order valence-corrected chi connectivity index (χ3v) is 10.1. The van der Waals surface area contributed by atoms with E-state index in [2.05, 4.69) is 5.32 Å². The molecule has 0 saturated carbocycles. The molecule has 0 aromatic heterocycles. The molecule has 0 spiro atoms. The number of carbonyl (C=O) groups excluding carboxylic acids is 2. The van der Waals surface area contributed by atoms with Gasteiger partial charge in [-0.25, -0.2) is 8.42 Å². The average molecular weight is 701 g/mol. The summed E-state index contributed by atoms with van der Waals surface area (Å²) in [6.07, 6.45) is 0.875. The van der Waals surface area contributed by atoms with Crippen molar-refractivity contribution < 1.29 is 18.0 Å². The van der Waals surface area contributed by atoms with Crippen molar-refractivity contribution in [2.75, 3.05) is 10.8 Å². The summed E-state index contributed by atoms with van der Waals surface area (Å²) in [5.41, 5.74) is 2.40. The molecule has 2 amide bonds. The van der Waals surface area contributed by atoms with Crippen molar-refractivity contribution in [2.24, 2.45) is 0 Å². The molecule has 11 heteroatoms. The van der Waals surface area contributed by atoms with E-state index in [1.807, 2.05) is 51.1 Å². The molecule has 0 radical (unpaired) electrons. The van der Waals surface area contributed by atoms with Gasteiger partial charge in [0.15, 0.2) is 0 Å². The Balaban J connectivity index is 1.84. The van der Waals surface area contributed by atoms with Crippen LogP contribution in [0.3, 0.4) is 0 Å². The number of nitrogens with one attached hydrogen (secondary N) is 1. The Morgan fingerprint density at radius 3 is 2.13 bits per heavy atom. The number of halogens is 3. The van der Waals surface area contributed by atoms with Crippen LogP contribution in [0.15, 0.2) is 102 Å². The molecule has 0 saturated heterocycles. The van der Waals surface area contributed by atoms with E-state index < -0.39 is 28.5 Å². The Labute approximate surface area is 286 Å². The molecule has 2 atom stereocenters. The van der Waals surface area contributed by atoms with Gasteiger partial charge in [-0.15, -0.1) is 0 Å². The Morgan fingerprint density at radius 2 is 1.48 bits per heavy atom. The molecule has 4 rings (SSSR count). The van der Waals surface area contributed by atoms with Crippen molar-refractivity contribution in [3.8, 4) is 0 Å². The molecular formula is C35H36Cl3N3O4S. The topological polar surface area (TPSA) is 86.8 Å². The van der Waals surface area contributed by atoms with Crippen molar-refractivity contribution >= 4 is 62.3 Å². The second kappa shape index (κ2) is 15.8. The van der Waals surface area contributed by atoms with Gasteiger partial charge < -0.3 is 10.2 Å². The van der Waals surface area contributed by atoms with E-state index in [4.69, 9.17) is 34.8 Å². The van der Waals surface area contributed by atoms with E-state index in [0.717, 1.165) is 15.4 Å². The lowest BCUT2D eigenvalue weighted by molar-refractivity contribution is -0.140. The first-order valence-corrected chi connectivity index (χ1v) is 17.4. The van der Waals surface area contributed by atoms with Gasteiger partial charge in [0.25, 0.3) is 10.0 Å². The quantitative estimate of drug-likeness (QED) is 0.155. The molecule has 4 aromatic rings. The fourth-order valence-electron chi connectivity index (χ4n) is 4.85. The Kier molecular flexibility index (Phi) is 12.1. The molecule has 242 valence electrons. The van der Waals surface area contributed by atoms with Gasteiger partial charge in [0.05, 0.1) is 15.6 Å². The molecular weight excluding hydrogens is 665 g/mol. The molecule has 0 unspecified atom stereocenters. The summed E-state index contributed by atoms with van der Waals surface area (Å²) in [7, 11) is -4.32. The summed E-state index contributed by atoms with van der Waals surface area (Å²) in [4.78, 5) is 29.9. The van der Waals surface area contributed by atoms with E-state index in [0.29, 0.717) is 17.0 Å². The van der Waals surface area contributed by atoms with Gasteiger partial charge in [0.2, 0.25) is 11.8 Å². The average Bonchev–Trinajstić information content (AvgIpc) is 3.03. The van der Waals surface area contributed by atoms with Gasteiger partial charge in [-0.1, -0.05) is 102 Å². The van der Waals surface area contributed by atoms with E-state index in [1.165, 1.54) is 35.2 Å². The maximum absolute atomic E-state index is 14.6. The second-order valence-corrected chi connectivity index (χ2v) is 14.2. The molecule has 0 heterocycles. The Hall–Kier alpha value is -3.56. The highest BCUT2D eigenvalue weighted by atomic mass is 35.5. The number of carbonyl (C=O) groups is 2. The number of anilines is 1. The zero-order valence-electron chi connectivity index (χ0n) is 25.8. The number of hydrogen-bond acceptors (Lipinski definition) is 4. The Morgan fingerprint density at radius 1 is 0.826 bits per heavy atom. The predicted molar refractivity (Wildman–Crippen MR) is 186 cm³/mol. The van der Waals surface area contributed by atoms with Gasteiger partial charge in [0.1, 0.15) is 12.6 Å². The van der Waals surface area contributed by atoms with Crippen LogP contribution in [0.4, 0.5) is 5.69 Å². The summed E-state index contributed by atoms with van der Waals surface area (Å²) < 4.78 is 29.4. The predicted octanol–water partition coefficient (Wildman–Crippen LogP) is 7.71. The van der Waals surface area contributed by atoms with Gasteiger partial charge in [-0.2, -0.15) is 0 Å². The summed E-state index contributed by atoms with van der Waals surface area (Å²) in [6.45, 7) is 5.02. The first kappa shape index (κ1) is 35.3. The summed E-state index contributed by atoms with van der Waals surface area (Å²) >= 11 is 19.2. The molecule has 46 heavy (non-hydrogen) atoms. The number of nitrogens with zero attached hydrogens (tertiary/aromatic N) is 2. The molecule has 0 aliphatic rings. The minimum atomic E-state index is -4.32. The van der Waals surface area contributed by atoms with Crippen LogP contribution >= 0.6 is 34.8 Å². The first-order valence-electron chi connectivity index (χ1n) is 14.8. The SMILES string of the molecule is CC[C@H](C)NC(=O)[C@H](Cc1ccccc1)N(Cc1cccc(Cl)c1)C(=O)CN(c1cc(Cl)ccc1Cl)S(=O)(=O)c1ccc(C)cc1. The van der Waals surface area contributed by atoms with Crippen molar-refractivity contribution in [3.63, 3.8) is 0 Å². The van der Waals surface area contributed by atoms with E-state index in [-0.39, 0.29) is 45.5 Å². The van der Waals surface area contributed by atoms with Crippen molar-refractivity contribution in [2.45, 2.75) is 57.1 Å². The van der Waals surface area contributed by atoms with Crippen molar-refractivity contribution in [3.05, 3.63) is 129 Å². The van der Waals surface area contributed by atoms with Crippen LogP contribution in [-0.4, -0.2) is 43.8 Å². The van der Waals surface area contributed by atoms with Crippen molar-refractivity contribution in [1.29, 1.82) is 0 Å². The minimum absolute atomic E-state index is 0.00742. The van der Waals surface area contributed by atoms with Gasteiger partial charge in [0, 0.05) is 29.1 Å². The summed E-state index contributed by atoms with van der Waals surface area (Å²) in [5, 5.41) is 3.80. The van der Waals surface area contributed by atoms with Crippen LogP contribution < -0.4 is 9.62 Å². The number of aryl methyl sites for hydroxylation is 1. The molecule has 0 aliphatic carbocycles. The lowest BCUT2D eigenvalue weighted by atomic mass is 10.0. The highest BCUT2D eigenvalue weighted by Crippen LogP contribution is 2.33. The molecule has 0 fully saturated rings. The number of hydrogen-bond donors (Lipinski definition) is 1. The molecule has 1 N–H and O–H groups in total. The zero-order valence-corrected chi connectivity index (χ0v) is 28.9. The third kappa shape index (κ3) is 9.04. The molecule has 7 nitrogen and oxygen atoms in total. The number of amides is 2. The fraction of sp³-hybridized carbons (Fsp3) is 0.257. The fourth-order valence-corrected chi connectivity index (χ4v) is 6.93. The lowest BCUT2D eigenvalue weighted by Gasteiger charge is -2.34. The summed E-state index contributed by atoms with van der Waals surface area (Å²) in [5.74, 6) is -0.978. The van der Waals surface area contributed by atoms with E-state index in [9.17, 15) is 18.0 Å². The van der Waals surface area contributed by atoms with Crippen LogP contribution in [0.5, 0.6) is 0 Å². The molecule has 0 bridgehead atoms.